The molecule has 1 atom stereocenters. The molecular formula is C22H24BrNO4. The van der Waals surface area contributed by atoms with Gasteiger partial charge in [-0.15, -0.1) is 0 Å². The van der Waals surface area contributed by atoms with E-state index in [1.807, 2.05) is 42.5 Å². The van der Waals surface area contributed by atoms with E-state index in [4.69, 9.17) is 14.2 Å². The zero-order chi connectivity index (χ0) is 19.8. The Morgan fingerprint density at radius 3 is 2.86 bits per heavy atom. The van der Waals surface area contributed by atoms with Crippen LogP contribution in [0, 0.1) is 0 Å². The molecule has 28 heavy (non-hydrogen) atoms. The van der Waals surface area contributed by atoms with Crippen LogP contribution < -0.4 is 14.8 Å². The summed E-state index contributed by atoms with van der Waals surface area (Å²) in [6, 6.07) is 13.7. The van der Waals surface area contributed by atoms with E-state index in [-0.39, 0.29) is 12.0 Å². The van der Waals surface area contributed by atoms with Crippen LogP contribution in [0.3, 0.4) is 0 Å². The zero-order valence-electron chi connectivity index (χ0n) is 15.8. The smallest absolute Gasteiger partial charge is 0.244 e. The highest BCUT2D eigenvalue weighted by molar-refractivity contribution is 9.10. The van der Waals surface area contributed by atoms with Gasteiger partial charge in [0.1, 0.15) is 6.61 Å². The van der Waals surface area contributed by atoms with E-state index in [1.165, 1.54) is 6.08 Å². The van der Waals surface area contributed by atoms with Crippen LogP contribution in [0.15, 0.2) is 53.0 Å². The molecule has 1 heterocycles. The second-order valence-corrected chi connectivity index (χ2v) is 7.38. The third-order valence-corrected chi connectivity index (χ3v) is 5.02. The largest absolute Gasteiger partial charge is 0.493 e. The summed E-state index contributed by atoms with van der Waals surface area (Å²) in [4.78, 5) is 12.0. The average Bonchev–Trinajstić information content (AvgIpc) is 3.24. The molecule has 6 heteroatoms. The molecule has 148 valence electrons. The van der Waals surface area contributed by atoms with Gasteiger partial charge in [-0.25, -0.2) is 0 Å². The SMILES string of the molecule is COc1cc(/C=C/C(=O)NCC2CCCO2)cc(Br)c1OCc1ccccc1. The first kappa shape index (κ1) is 20.4. The fraction of sp³-hybridized carbons (Fsp3) is 0.318. The number of ether oxygens (including phenoxy) is 3. The summed E-state index contributed by atoms with van der Waals surface area (Å²) >= 11 is 3.54. The number of hydrogen-bond acceptors (Lipinski definition) is 4. The molecule has 1 aliphatic rings. The summed E-state index contributed by atoms with van der Waals surface area (Å²) < 4.78 is 17.7. The van der Waals surface area contributed by atoms with E-state index in [0.29, 0.717) is 24.7 Å². The Morgan fingerprint density at radius 1 is 1.32 bits per heavy atom. The normalized spacial score (nSPS) is 16.3. The van der Waals surface area contributed by atoms with Gasteiger partial charge in [0, 0.05) is 19.2 Å². The van der Waals surface area contributed by atoms with Gasteiger partial charge in [0.15, 0.2) is 11.5 Å². The summed E-state index contributed by atoms with van der Waals surface area (Å²) in [5, 5.41) is 2.87. The van der Waals surface area contributed by atoms with Crippen LogP contribution in [0.5, 0.6) is 11.5 Å². The van der Waals surface area contributed by atoms with Gasteiger partial charge in [0.2, 0.25) is 5.91 Å². The Hall–Kier alpha value is -2.31. The molecule has 1 N–H and O–H groups in total. The van der Waals surface area contributed by atoms with Crippen LogP contribution in [0.4, 0.5) is 0 Å². The fourth-order valence-electron chi connectivity index (χ4n) is 2.96. The van der Waals surface area contributed by atoms with Gasteiger partial charge in [0.05, 0.1) is 17.7 Å². The minimum Gasteiger partial charge on any atom is -0.493 e. The number of nitrogens with one attached hydrogen (secondary N) is 1. The van der Waals surface area contributed by atoms with Crippen LogP contribution in [0.25, 0.3) is 6.08 Å². The standard InChI is InChI=1S/C22H24BrNO4/c1-26-20-13-17(9-10-21(25)24-14-18-8-5-11-27-18)12-19(23)22(20)28-15-16-6-3-2-4-7-16/h2-4,6-7,9-10,12-13,18H,5,8,11,14-15H2,1H3,(H,24,25)/b10-9+. The van der Waals surface area contributed by atoms with E-state index in [0.717, 1.165) is 35.0 Å². The van der Waals surface area contributed by atoms with Gasteiger partial charge in [-0.1, -0.05) is 30.3 Å². The first-order valence-corrected chi connectivity index (χ1v) is 10.1. The summed E-state index contributed by atoms with van der Waals surface area (Å²) in [6.07, 6.45) is 5.45. The lowest BCUT2D eigenvalue weighted by Crippen LogP contribution is -2.30. The molecule has 0 saturated carbocycles. The molecule has 0 radical (unpaired) electrons. The van der Waals surface area contributed by atoms with Crippen molar-refractivity contribution in [2.24, 2.45) is 0 Å². The second-order valence-electron chi connectivity index (χ2n) is 6.52. The van der Waals surface area contributed by atoms with Crippen molar-refractivity contribution in [3.63, 3.8) is 0 Å². The van der Waals surface area contributed by atoms with E-state index in [2.05, 4.69) is 21.2 Å². The van der Waals surface area contributed by atoms with Gasteiger partial charge >= 0.3 is 0 Å². The Kier molecular flexibility index (Phi) is 7.51. The molecule has 0 spiro atoms. The number of methoxy groups -OCH3 is 1. The number of carbonyl (C=O) groups is 1. The van der Waals surface area contributed by atoms with Crippen LogP contribution in [-0.2, 0) is 16.1 Å². The Labute approximate surface area is 173 Å². The average molecular weight is 446 g/mol. The molecule has 1 amide bonds. The zero-order valence-corrected chi connectivity index (χ0v) is 17.4. The second kappa shape index (κ2) is 10.3. The van der Waals surface area contributed by atoms with Crippen molar-refractivity contribution in [2.75, 3.05) is 20.3 Å². The molecule has 0 aliphatic carbocycles. The van der Waals surface area contributed by atoms with Crippen molar-refractivity contribution < 1.29 is 19.0 Å². The minimum atomic E-state index is -0.144. The molecule has 3 rings (SSSR count). The summed E-state index contributed by atoms with van der Waals surface area (Å²) in [7, 11) is 1.60. The van der Waals surface area contributed by atoms with Gasteiger partial charge in [-0.3, -0.25) is 4.79 Å². The van der Waals surface area contributed by atoms with E-state index in [9.17, 15) is 4.79 Å². The van der Waals surface area contributed by atoms with E-state index in [1.54, 1.807) is 13.2 Å². The van der Waals surface area contributed by atoms with Gasteiger partial charge in [-0.2, -0.15) is 0 Å². The molecule has 0 aromatic heterocycles. The highest BCUT2D eigenvalue weighted by atomic mass is 79.9. The first-order valence-electron chi connectivity index (χ1n) is 9.27. The molecule has 2 aromatic carbocycles. The van der Waals surface area contributed by atoms with Crippen molar-refractivity contribution in [2.45, 2.75) is 25.6 Å². The van der Waals surface area contributed by atoms with Crippen molar-refractivity contribution in [1.29, 1.82) is 0 Å². The lowest BCUT2D eigenvalue weighted by Gasteiger charge is -2.13. The van der Waals surface area contributed by atoms with E-state index < -0.39 is 0 Å². The molecule has 1 aliphatic heterocycles. The van der Waals surface area contributed by atoms with Crippen LogP contribution >= 0.6 is 15.9 Å². The van der Waals surface area contributed by atoms with Crippen molar-refractivity contribution in [1.82, 2.24) is 5.32 Å². The molecular weight excluding hydrogens is 422 g/mol. The lowest BCUT2D eigenvalue weighted by molar-refractivity contribution is -0.116. The Bertz CT molecular complexity index is 817. The number of benzene rings is 2. The number of hydrogen-bond donors (Lipinski definition) is 1. The minimum absolute atomic E-state index is 0.132. The molecule has 0 bridgehead atoms. The summed E-state index contributed by atoms with van der Waals surface area (Å²) in [5.41, 5.74) is 1.91. The lowest BCUT2D eigenvalue weighted by atomic mass is 10.2. The highest BCUT2D eigenvalue weighted by Crippen LogP contribution is 2.37. The maximum absolute atomic E-state index is 12.0. The number of halogens is 1. The Morgan fingerprint density at radius 2 is 2.14 bits per heavy atom. The number of carbonyl (C=O) groups excluding carboxylic acids is 1. The monoisotopic (exact) mass is 445 g/mol. The first-order chi connectivity index (χ1) is 13.7. The highest BCUT2D eigenvalue weighted by Gasteiger charge is 2.15. The fourth-order valence-corrected chi connectivity index (χ4v) is 3.53. The molecule has 1 fully saturated rings. The molecule has 2 aromatic rings. The van der Waals surface area contributed by atoms with Crippen LogP contribution in [0.1, 0.15) is 24.0 Å². The maximum atomic E-state index is 12.0. The topological polar surface area (TPSA) is 56.8 Å². The molecule has 5 nitrogen and oxygen atoms in total. The Balaban J connectivity index is 1.62. The predicted molar refractivity (Wildman–Crippen MR) is 112 cm³/mol. The summed E-state index contributed by atoms with van der Waals surface area (Å²) in [6.45, 7) is 1.77. The predicted octanol–water partition coefficient (Wildman–Crippen LogP) is 4.35. The van der Waals surface area contributed by atoms with Gasteiger partial charge < -0.3 is 19.5 Å². The van der Waals surface area contributed by atoms with Crippen molar-refractivity contribution >= 4 is 27.9 Å². The van der Waals surface area contributed by atoms with Gasteiger partial charge in [0.25, 0.3) is 0 Å². The third kappa shape index (κ3) is 5.84. The quantitative estimate of drug-likeness (QED) is 0.613. The van der Waals surface area contributed by atoms with Crippen molar-refractivity contribution in [3.05, 3.63) is 64.1 Å². The number of rotatable bonds is 8. The van der Waals surface area contributed by atoms with Crippen LogP contribution in [-0.4, -0.2) is 32.3 Å². The van der Waals surface area contributed by atoms with Crippen LogP contribution in [0.2, 0.25) is 0 Å². The van der Waals surface area contributed by atoms with Gasteiger partial charge in [-0.05, 0) is 58.1 Å². The van der Waals surface area contributed by atoms with Crippen molar-refractivity contribution in [3.8, 4) is 11.5 Å². The molecule has 1 unspecified atom stereocenters. The number of amides is 1. The third-order valence-electron chi connectivity index (χ3n) is 4.43. The molecule has 1 saturated heterocycles. The summed E-state index contributed by atoms with van der Waals surface area (Å²) in [5.74, 6) is 1.09. The maximum Gasteiger partial charge on any atom is 0.244 e. The van der Waals surface area contributed by atoms with E-state index >= 15 is 0 Å².